The number of nitrogens with zero attached hydrogens (tertiary/aromatic N) is 2. The zero-order chi connectivity index (χ0) is 19.9. The highest BCUT2D eigenvalue weighted by Crippen LogP contribution is 2.26. The molecule has 2 aromatic rings. The number of carbonyl (C=O) groups is 2. The average Bonchev–Trinajstić information content (AvgIpc) is 2.72. The fraction of sp³-hybridized carbons (Fsp3) is 0.350. The van der Waals surface area contributed by atoms with Gasteiger partial charge in [0.1, 0.15) is 18.1 Å². The Labute approximate surface area is 162 Å². The number of aromatic nitrogens is 1. The molecule has 1 aliphatic heterocycles. The van der Waals surface area contributed by atoms with Crippen molar-refractivity contribution < 1.29 is 29.3 Å². The van der Waals surface area contributed by atoms with Gasteiger partial charge in [0.05, 0.1) is 36.1 Å². The molecule has 0 unspecified atom stereocenters. The number of amides is 1. The van der Waals surface area contributed by atoms with Gasteiger partial charge in [-0.15, -0.1) is 0 Å². The van der Waals surface area contributed by atoms with Gasteiger partial charge in [-0.25, -0.2) is 0 Å². The van der Waals surface area contributed by atoms with Crippen LogP contribution in [0.4, 0.5) is 0 Å². The first-order valence-corrected chi connectivity index (χ1v) is 8.99. The molecule has 1 amide bonds. The van der Waals surface area contributed by atoms with E-state index in [0.29, 0.717) is 37.1 Å². The summed E-state index contributed by atoms with van der Waals surface area (Å²) >= 11 is 0. The molecule has 28 heavy (non-hydrogen) atoms. The molecular weight excluding hydrogens is 364 g/mol. The predicted molar refractivity (Wildman–Crippen MR) is 99.7 cm³/mol. The van der Waals surface area contributed by atoms with Crippen LogP contribution in [0, 0.1) is 0 Å². The topological polar surface area (TPSA) is 109 Å². The first-order valence-electron chi connectivity index (χ1n) is 8.99. The molecule has 0 radical (unpaired) electrons. The van der Waals surface area contributed by atoms with Crippen molar-refractivity contribution in [3.8, 4) is 11.5 Å². The van der Waals surface area contributed by atoms with Crippen molar-refractivity contribution in [2.24, 2.45) is 0 Å². The molecule has 3 rings (SSSR count). The van der Waals surface area contributed by atoms with Crippen LogP contribution in [0.3, 0.4) is 0 Å². The normalized spacial score (nSPS) is 16.6. The minimum Gasteiger partial charge on any atom is -0.507 e. The second kappa shape index (κ2) is 9.29. The monoisotopic (exact) mass is 386 g/mol. The second-order valence-corrected chi connectivity index (χ2v) is 6.32. The summed E-state index contributed by atoms with van der Waals surface area (Å²) in [5.41, 5.74) is 1.04. The number of phenolic OH excluding ortho intramolecular Hbond substituents is 1. The van der Waals surface area contributed by atoms with Crippen molar-refractivity contribution in [2.75, 3.05) is 33.0 Å². The Bertz CT molecular complexity index is 841. The molecule has 1 saturated heterocycles. The maximum absolute atomic E-state index is 13.1. The maximum Gasteiger partial charge on any atom is 0.256 e. The van der Waals surface area contributed by atoms with Crippen molar-refractivity contribution >= 4 is 12.2 Å². The smallest absolute Gasteiger partial charge is 0.256 e. The maximum atomic E-state index is 13.1. The first-order chi connectivity index (χ1) is 13.7. The van der Waals surface area contributed by atoms with Gasteiger partial charge in [0, 0.05) is 25.8 Å². The van der Waals surface area contributed by atoms with Gasteiger partial charge in [-0.05, 0) is 24.3 Å². The third-order valence-electron chi connectivity index (χ3n) is 4.55. The van der Waals surface area contributed by atoms with Crippen LogP contribution in [0.25, 0.3) is 0 Å². The van der Waals surface area contributed by atoms with Gasteiger partial charge >= 0.3 is 0 Å². The molecule has 1 fully saturated rings. The summed E-state index contributed by atoms with van der Waals surface area (Å²) in [6.07, 6.45) is 2.41. The van der Waals surface area contributed by atoms with Gasteiger partial charge in [-0.1, -0.05) is 6.07 Å². The summed E-state index contributed by atoms with van der Waals surface area (Å²) in [5.74, 6) is -0.125. The van der Waals surface area contributed by atoms with Crippen LogP contribution >= 0.6 is 0 Å². The van der Waals surface area contributed by atoms with Gasteiger partial charge in [-0.2, -0.15) is 0 Å². The standard InChI is InChI=1S/C20H22N2O6/c23-9-6-17-15(3-2-7-21-17)20(26)22-8-10-27-12-14(22)13-28-19-5-1-4-18(25)16(19)11-24/h1-5,7,11,14,23,25H,6,8-10,12-13H2/t14-/m0/s1. The number of aliphatic hydroxyl groups is 1. The number of ether oxygens (including phenoxy) is 2. The summed E-state index contributed by atoms with van der Waals surface area (Å²) < 4.78 is 11.2. The van der Waals surface area contributed by atoms with Crippen LogP contribution in [0.5, 0.6) is 11.5 Å². The van der Waals surface area contributed by atoms with E-state index in [4.69, 9.17) is 9.47 Å². The zero-order valence-corrected chi connectivity index (χ0v) is 15.3. The Morgan fingerprint density at radius 1 is 1.36 bits per heavy atom. The number of benzene rings is 1. The van der Waals surface area contributed by atoms with Crippen LogP contribution in [-0.4, -0.2) is 71.3 Å². The van der Waals surface area contributed by atoms with Crippen molar-refractivity contribution in [2.45, 2.75) is 12.5 Å². The van der Waals surface area contributed by atoms with Crippen molar-refractivity contribution in [3.63, 3.8) is 0 Å². The van der Waals surface area contributed by atoms with E-state index >= 15 is 0 Å². The Hall–Kier alpha value is -2.97. The van der Waals surface area contributed by atoms with E-state index in [1.807, 2.05) is 0 Å². The fourth-order valence-corrected chi connectivity index (χ4v) is 3.12. The van der Waals surface area contributed by atoms with E-state index in [9.17, 15) is 19.8 Å². The molecule has 1 aromatic heterocycles. The summed E-state index contributed by atoms with van der Waals surface area (Å²) in [6.45, 7) is 1.09. The summed E-state index contributed by atoms with van der Waals surface area (Å²) in [6, 6.07) is 7.57. The van der Waals surface area contributed by atoms with Crippen LogP contribution < -0.4 is 4.74 Å². The number of hydrogen-bond donors (Lipinski definition) is 2. The Morgan fingerprint density at radius 2 is 2.21 bits per heavy atom. The molecule has 0 spiro atoms. The Kier molecular flexibility index (Phi) is 6.57. The molecule has 1 aromatic carbocycles. The van der Waals surface area contributed by atoms with Crippen molar-refractivity contribution in [3.05, 3.63) is 53.3 Å². The number of rotatable bonds is 7. The highest BCUT2D eigenvalue weighted by atomic mass is 16.5. The predicted octanol–water partition coefficient (Wildman–Crippen LogP) is 1.05. The molecule has 1 aliphatic rings. The van der Waals surface area contributed by atoms with E-state index in [-0.39, 0.29) is 48.8 Å². The van der Waals surface area contributed by atoms with Crippen LogP contribution in [-0.2, 0) is 11.2 Å². The van der Waals surface area contributed by atoms with Gasteiger partial charge in [0.15, 0.2) is 6.29 Å². The third-order valence-corrected chi connectivity index (χ3v) is 4.55. The van der Waals surface area contributed by atoms with Crippen LogP contribution in [0.1, 0.15) is 26.4 Å². The number of aliphatic hydroxyl groups excluding tert-OH is 1. The number of hydrogen-bond acceptors (Lipinski definition) is 7. The largest absolute Gasteiger partial charge is 0.507 e. The molecule has 2 heterocycles. The molecule has 2 N–H and O–H groups in total. The van der Waals surface area contributed by atoms with Gasteiger partial charge in [-0.3, -0.25) is 14.6 Å². The molecule has 8 heteroatoms. The minimum absolute atomic E-state index is 0.0644. The summed E-state index contributed by atoms with van der Waals surface area (Å²) in [7, 11) is 0. The lowest BCUT2D eigenvalue weighted by Crippen LogP contribution is -2.51. The summed E-state index contributed by atoms with van der Waals surface area (Å²) in [5, 5.41) is 19.0. The van der Waals surface area contributed by atoms with Crippen molar-refractivity contribution in [1.82, 2.24) is 9.88 Å². The third kappa shape index (κ3) is 4.29. The number of aromatic hydroxyl groups is 1. The van der Waals surface area contributed by atoms with E-state index in [2.05, 4.69) is 4.98 Å². The Balaban J connectivity index is 1.77. The molecule has 148 valence electrons. The number of aldehydes is 1. The number of pyridine rings is 1. The molecule has 0 aliphatic carbocycles. The lowest BCUT2D eigenvalue weighted by atomic mass is 10.1. The van der Waals surface area contributed by atoms with E-state index in [1.165, 1.54) is 6.07 Å². The Morgan fingerprint density at radius 3 is 3.00 bits per heavy atom. The SMILES string of the molecule is O=Cc1c(O)cccc1OC[C@@H]1COCCN1C(=O)c1cccnc1CCO. The quantitative estimate of drug-likeness (QED) is 0.685. The van der Waals surface area contributed by atoms with Gasteiger partial charge in [0.25, 0.3) is 5.91 Å². The highest BCUT2D eigenvalue weighted by Gasteiger charge is 2.30. The van der Waals surface area contributed by atoms with E-state index in [1.54, 1.807) is 35.4 Å². The number of phenols is 1. The second-order valence-electron chi connectivity index (χ2n) is 6.32. The lowest BCUT2D eigenvalue weighted by molar-refractivity contribution is -0.0152. The number of carbonyl (C=O) groups excluding carboxylic acids is 2. The van der Waals surface area contributed by atoms with Crippen LogP contribution in [0.15, 0.2) is 36.5 Å². The first kappa shape index (κ1) is 19.8. The molecule has 1 atom stereocenters. The summed E-state index contributed by atoms with van der Waals surface area (Å²) in [4.78, 5) is 30.1. The molecule has 8 nitrogen and oxygen atoms in total. The molecule has 0 saturated carbocycles. The lowest BCUT2D eigenvalue weighted by Gasteiger charge is -2.35. The highest BCUT2D eigenvalue weighted by molar-refractivity contribution is 5.95. The fourth-order valence-electron chi connectivity index (χ4n) is 3.12. The molecular formula is C20H22N2O6. The minimum atomic E-state index is -0.370. The van der Waals surface area contributed by atoms with Crippen molar-refractivity contribution in [1.29, 1.82) is 0 Å². The van der Waals surface area contributed by atoms with Crippen LogP contribution in [0.2, 0.25) is 0 Å². The zero-order valence-electron chi connectivity index (χ0n) is 15.3. The number of morpholine rings is 1. The van der Waals surface area contributed by atoms with E-state index in [0.717, 1.165) is 0 Å². The van der Waals surface area contributed by atoms with Gasteiger partial charge in [0.2, 0.25) is 0 Å². The molecule has 0 bridgehead atoms. The van der Waals surface area contributed by atoms with Gasteiger partial charge < -0.3 is 24.6 Å². The van der Waals surface area contributed by atoms with E-state index < -0.39 is 0 Å². The average molecular weight is 386 g/mol.